The molecule has 0 aliphatic heterocycles. The van der Waals surface area contributed by atoms with E-state index in [1.165, 1.54) is 25.7 Å². The Hall–Kier alpha value is -1.52. The van der Waals surface area contributed by atoms with Crippen LogP contribution >= 0.6 is 0 Å². The molecule has 1 fully saturated rings. The van der Waals surface area contributed by atoms with Gasteiger partial charge in [0, 0.05) is 19.0 Å². The lowest BCUT2D eigenvalue weighted by atomic mass is 9.82. The van der Waals surface area contributed by atoms with Gasteiger partial charge in [-0.05, 0) is 24.7 Å². The smallest absolute Gasteiger partial charge is 0.213 e. The summed E-state index contributed by atoms with van der Waals surface area (Å²) in [6.45, 7) is 10.3. The monoisotopic (exact) mass is 320 g/mol. The number of nitrogens with zero attached hydrogens (tertiary/aromatic N) is 2. The van der Waals surface area contributed by atoms with E-state index < -0.39 is 0 Å². The fraction of sp³-hybridized carbons (Fsp3) is 0.778. The highest BCUT2D eigenvalue weighted by atomic mass is 16.4. The Labute approximate surface area is 140 Å². The van der Waals surface area contributed by atoms with E-state index in [1.54, 1.807) is 7.05 Å². The highest BCUT2D eigenvalue weighted by Crippen LogP contribution is 2.27. The molecule has 130 valence electrons. The van der Waals surface area contributed by atoms with Gasteiger partial charge in [0.05, 0.1) is 12.7 Å². The average Bonchev–Trinajstić information content (AvgIpc) is 2.96. The maximum atomic E-state index is 5.80. The average molecular weight is 320 g/mol. The Bertz CT molecular complexity index is 515. The number of aliphatic imine (C=N–C) groups is 1. The standard InChI is InChI=1S/C18H32N4O/c1-13-7-6-8-14(9-13)10-21-17(19-5)22-12-16-20-11-15(23-16)18(2,3)4/h11,13-14H,6-10,12H2,1-5H3,(H2,19,21,22). The maximum absolute atomic E-state index is 5.80. The van der Waals surface area contributed by atoms with Gasteiger partial charge in [0.25, 0.3) is 0 Å². The van der Waals surface area contributed by atoms with Crippen molar-refractivity contribution < 1.29 is 4.42 Å². The maximum Gasteiger partial charge on any atom is 0.213 e. The lowest BCUT2D eigenvalue weighted by Gasteiger charge is -2.27. The normalized spacial score (nSPS) is 22.9. The van der Waals surface area contributed by atoms with Gasteiger partial charge in [0.15, 0.2) is 5.96 Å². The Kier molecular flexibility index (Phi) is 6.08. The van der Waals surface area contributed by atoms with Gasteiger partial charge in [-0.1, -0.05) is 40.5 Å². The highest BCUT2D eigenvalue weighted by Gasteiger charge is 2.20. The molecule has 5 nitrogen and oxygen atoms in total. The second-order valence-electron chi connectivity index (χ2n) is 7.81. The number of oxazole rings is 1. The minimum Gasteiger partial charge on any atom is -0.443 e. The Morgan fingerprint density at radius 1 is 1.35 bits per heavy atom. The summed E-state index contributed by atoms with van der Waals surface area (Å²) in [4.78, 5) is 8.62. The molecule has 1 aromatic heterocycles. The van der Waals surface area contributed by atoms with Crippen LogP contribution in [-0.2, 0) is 12.0 Å². The largest absolute Gasteiger partial charge is 0.443 e. The van der Waals surface area contributed by atoms with E-state index in [2.05, 4.69) is 48.3 Å². The molecule has 1 aromatic rings. The number of guanidine groups is 1. The Morgan fingerprint density at radius 3 is 2.74 bits per heavy atom. The molecule has 1 aliphatic carbocycles. The molecule has 2 rings (SSSR count). The van der Waals surface area contributed by atoms with E-state index in [0.29, 0.717) is 12.4 Å². The first kappa shape index (κ1) is 17.8. The molecular weight excluding hydrogens is 288 g/mol. The predicted molar refractivity (Wildman–Crippen MR) is 94.5 cm³/mol. The van der Waals surface area contributed by atoms with Gasteiger partial charge in [-0.3, -0.25) is 4.99 Å². The van der Waals surface area contributed by atoms with E-state index >= 15 is 0 Å². The summed E-state index contributed by atoms with van der Waals surface area (Å²) in [5, 5.41) is 6.72. The fourth-order valence-electron chi connectivity index (χ4n) is 3.10. The SMILES string of the molecule is CN=C(NCc1ncc(C(C)(C)C)o1)NCC1CCCC(C)C1. The molecule has 0 amide bonds. The van der Waals surface area contributed by atoms with Gasteiger partial charge in [-0.2, -0.15) is 0 Å². The van der Waals surface area contributed by atoms with Crippen LogP contribution in [-0.4, -0.2) is 24.5 Å². The van der Waals surface area contributed by atoms with Crippen LogP contribution in [0.3, 0.4) is 0 Å². The van der Waals surface area contributed by atoms with E-state index in [4.69, 9.17) is 4.42 Å². The molecule has 23 heavy (non-hydrogen) atoms. The highest BCUT2D eigenvalue weighted by molar-refractivity contribution is 5.79. The van der Waals surface area contributed by atoms with Crippen molar-refractivity contribution in [1.29, 1.82) is 0 Å². The molecule has 5 heteroatoms. The first-order valence-electron chi connectivity index (χ1n) is 8.78. The number of nitrogens with one attached hydrogen (secondary N) is 2. The van der Waals surface area contributed by atoms with Crippen molar-refractivity contribution in [3.05, 3.63) is 17.8 Å². The van der Waals surface area contributed by atoms with Gasteiger partial charge in [-0.15, -0.1) is 0 Å². The first-order valence-corrected chi connectivity index (χ1v) is 8.78. The van der Waals surface area contributed by atoms with Crippen molar-refractivity contribution in [2.75, 3.05) is 13.6 Å². The molecule has 0 aromatic carbocycles. The summed E-state index contributed by atoms with van der Waals surface area (Å²) >= 11 is 0. The first-order chi connectivity index (χ1) is 10.9. The fourth-order valence-corrected chi connectivity index (χ4v) is 3.10. The van der Waals surface area contributed by atoms with Crippen LogP contribution in [0.2, 0.25) is 0 Å². The van der Waals surface area contributed by atoms with Crippen LogP contribution in [0.4, 0.5) is 0 Å². The molecule has 2 N–H and O–H groups in total. The summed E-state index contributed by atoms with van der Waals surface area (Å²) in [7, 11) is 1.80. The third kappa shape index (κ3) is 5.56. The molecule has 0 spiro atoms. The molecule has 1 aliphatic rings. The summed E-state index contributed by atoms with van der Waals surface area (Å²) in [6, 6.07) is 0. The van der Waals surface area contributed by atoms with Crippen LogP contribution in [0.25, 0.3) is 0 Å². The minimum atomic E-state index is -0.0111. The topological polar surface area (TPSA) is 62.5 Å². The Morgan fingerprint density at radius 2 is 2.13 bits per heavy atom. The van der Waals surface area contributed by atoms with Crippen molar-refractivity contribution in [2.24, 2.45) is 16.8 Å². The predicted octanol–water partition coefficient (Wildman–Crippen LogP) is 3.46. The van der Waals surface area contributed by atoms with Gasteiger partial charge in [0.1, 0.15) is 5.76 Å². The van der Waals surface area contributed by atoms with Crippen LogP contribution in [0.5, 0.6) is 0 Å². The molecule has 2 unspecified atom stereocenters. The Balaban J connectivity index is 1.78. The summed E-state index contributed by atoms with van der Waals surface area (Å²) in [6.07, 6.45) is 7.19. The van der Waals surface area contributed by atoms with Crippen LogP contribution in [0.1, 0.15) is 65.0 Å². The van der Waals surface area contributed by atoms with E-state index in [9.17, 15) is 0 Å². The van der Waals surface area contributed by atoms with Crippen molar-refractivity contribution >= 4 is 5.96 Å². The van der Waals surface area contributed by atoms with E-state index in [1.807, 2.05) is 6.20 Å². The van der Waals surface area contributed by atoms with Crippen molar-refractivity contribution in [1.82, 2.24) is 15.6 Å². The van der Waals surface area contributed by atoms with Crippen LogP contribution in [0.15, 0.2) is 15.6 Å². The quantitative estimate of drug-likeness (QED) is 0.659. The number of hydrogen-bond acceptors (Lipinski definition) is 3. The zero-order valence-corrected chi connectivity index (χ0v) is 15.3. The molecular formula is C18H32N4O. The lowest BCUT2D eigenvalue weighted by Crippen LogP contribution is -2.40. The zero-order valence-electron chi connectivity index (χ0n) is 15.3. The molecule has 1 saturated carbocycles. The summed E-state index contributed by atoms with van der Waals surface area (Å²) < 4.78 is 5.80. The second-order valence-corrected chi connectivity index (χ2v) is 7.81. The number of aromatic nitrogens is 1. The minimum absolute atomic E-state index is 0.0111. The van der Waals surface area contributed by atoms with Gasteiger partial charge in [-0.25, -0.2) is 4.98 Å². The number of rotatable bonds is 4. The van der Waals surface area contributed by atoms with Crippen molar-refractivity contribution in [2.45, 2.75) is 65.3 Å². The third-order valence-electron chi connectivity index (χ3n) is 4.53. The van der Waals surface area contributed by atoms with E-state index in [0.717, 1.165) is 30.1 Å². The van der Waals surface area contributed by atoms with E-state index in [-0.39, 0.29) is 5.41 Å². The third-order valence-corrected chi connectivity index (χ3v) is 4.53. The van der Waals surface area contributed by atoms with Crippen molar-refractivity contribution in [3.63, 3.8) is 0 Å². The van der Waals surface area contributed by atoms with Crippen LogP contribution < -0.4 is 10.6 Å². The molecule has 0 saturated heterocycles. The molecule has 0 bridgehead atoms. The zero-order chi connectivity index (χ0) is 16.9. The van der Waals surface area contributed by atoms with Gasteiger partial charge >= 0.3 is 0 Å². The van der Waals surface area contributed by atoms with Gasteiger partial charge in [0.2, 0.25) is 5.89 Å². The second kappa shape index (κ2) is 7.84. The van der Waals surface area contributed by atoms with Crippen molar-refractivity contribution in [3.8, 4) is 0 Å². The number of hydrogen-bond donors (Lipinski definition) is 2. The lowest BCUT2D eigenvalue weighted by molar-refractivity contribution is 0.282. The molecule has 0 radical (unpaired) electrons. The molecule has 2 atom stereocenters. The van der Waals surface area contributed by atoms with Crippen LogP contribution in [0, 0.1) is 11.8 Å². The summed E-state index contributed by atoms with van der Waals surface area (Å²) in [5.41, 5.74) is -0.0111. The molecule has 1 heterocycles. The van der Waals surface area contributed by atoms with Gasteiger partial charge < -0.3 is 15.1 Å². The summed E-state index contributed by atoms with van der Waals surface area (Å²) in [5.74, 6) is 4.04.